The van der Waals surface area contributed by atoms with E-state index in [2.05, 4.69) is 10.6 Å². The number of carbonyl (C=O) groups is 1. The van der Waals surface area contributed by atoms with Crippen LogP contribution in [0.4, 0.5) is 17.6 Å². The molecule has 122 valence electrons. The van der Waals surface area contributed by atoms with Crippen LogP contribution in [-0.4, -0.2) is 31.2 Å². The first-order chi connectivity index (χ1) is 10.3. The van der Waals surface area contributed by atoms with Crippen LogP contribution in [0.5, 0.6) is 0 Å². The van der Waals surface area contributed by atoms with E-state index in [0.717, 1.165) is 24.8 Å². The van der Waals surface area contributed by atoms with E-state index in [1.165, 1.54) is 12.1 Å². The molecular weight excluding hydrogens is 300 g/mol. The van der Waals surface area contributed by atoms with Crippen molar-refractivity contribution in [2.24, 2.45) is 0 Å². The van der Waals surface area contributed by atoms with Crippen LogP contribution in [-0.2, 0) is 4.79 Å². The highest BCUT2D eigenvalue weighted by molar-refractivity contribution is 5.78. The summed E-state index contributed by atoms with van der Waals surface area (Å²) in [6.07, 6.45) is -1.77. The minimum Gasteiger partial charge on any atom is -0.352 e. The summed E-state index contributed by atoms with van der Waals surface area (Å²) in [4.78, 5) is 11.7. The minimum absolute atomic E-state index is 0.0761. The van der Waals surface area contributed by atoms with Gasteiger partial charge in [-0.2, -0.15) is 13.2 Å². The molecule has 1 aromatic carbocycles. The van der Waals surface area contributed by atoms with Crippen LogP contribution in [0, 0.1) is 5.82 Å². The van der Waals surface area contributed by atoms with Crippen molar-refractivity contribution in [3.63, 3.8) is 0 Å². The molecule has 1 fully saturated rings. The Bertz CT molecular complexity index is 501. The number of hydrogen-bond donors (Lipinski definition) is 2. The minimum atomic E-state index is -4.33. The van der Waals surface area contributed by atoms with Crippen LogP contribution < -0.4 is 10.6 Å². The van der Waals surface area contributed by atoms with Crippen LogP contribution in [0.1, 0.15) is 30.7 Å². The van der Waals surface area contributed by atoms with Crippen LogP contribution >= 0.6 is 0 Å². The van der Waals surface area contributed by atoms with Crippen LogP contribution in [0.2, 0.25) is 0 Å². The maximum absolute atomic E-state index is 12.9. The van der Waals surface area contributed by atoms with Gasteiger partial charge < -0.3 is 10.6 Å². The third kappa shape index (κ3) is 4.98. The largest absolute Gasteiger partial charge is 0.401 e. The van der Waals surface area contributed by atoms with Gasteiger partial charge >= 0.3 is 6.18 Å². The summed E-state index contributed by atoms with van der Waals surface area (Å²) in [5.74, 6) is -0.700. The number of nitrogens with one attached hydrogen (secondary N) is 2. The van der Waals surface area contributed by atoms with E-state index in [-0.39, 0.29) is 24.3 Å². The van der Waals surface area contributed by atoms with Crippen LogP contribution in [0.25, 0.3) is 0 Å². The molecule has 0 radical (unpaired) electrons. The summed E-state index contributed by atoms with van der Waals surface area (Å²) in [7, 11) is 0. The Morgan fingerprint density at radius 1 is 1.18 bits per heavy atom. The molecule has 0 spiro atoms. The molecule has 1 aromatic rings. The molecule has 3 nitrogen and oxygen atoms in total. The van der Waals surface area contributed by atoms with Crippen molar-refractivity contribution in [1.82, 2.24) is 10.6 Å². The lowest BCUT2D eigenvalue weighted by atomic mass is 9.94. The van der Waals surface area contributed by atoms with Gasteiger partial charge in [0.05, 0.1) is 13.1 Å². The van der Waals surface area contributed by atoms with Gasteiger partial charge in [0.1, 0.15) is 5.82 Å². The number of benzene rings is 1. The van der Waals surface area contributed by atoms with Gasteiger partial charge in [0.2, 0.25) is 5.91 Å². The molecule has 2 rings (SSSR count). The monoisotopic (exact) mass is 318 g/mol. The zero-order valence-electron chi connectivity index (χ0n) is 11.9. The Hall–Kier alpha value is -1.63. The fourth-order valence-corrected chi connectivity index (χ4v) is 2.82. The molecule has 0 saturated heterocycles. The van der Waals surface area contributed by atoms with Gasteiger partial charge in [-0.15, -0.1) is 0 Å². The van der Waals surface area contributed by atoms with E-state index in [1.807, 2.05) is 0 Å². The Morgan fingerprint density at radius 2 is 1.86 bits per heavy atom. The molecule has 1 aliphatic carbocycles. The maximum atomic E-state index is 12.9. The number of carbonyl (C=O) groups excluding carboxylic acids is 1. The number of halogens is 4. The highest BCUT2D eigenvalue weighted by atomic mass is 19.4. The summed E-state index contributed by atoms with van der Waals surface area (Å²) in [5, 5.41) is 4.84. The van der Waals surface area contributed by atoms with Crippen LogP contribution in [0.15, 0.2) is 24.3 Å². The topological polar surface area (TPSA) is 41.1 Å². The molecule has 1 saturated carbocycles. The van der Waals surface area contributed by atoms with Gasteiger partial charge in [-0.05, 0) is 30.5 Å². The Labute approximate surface area is 126 Å². The molecule has 1 aliphatic rings. The van der Waals surface area contributed by atoms with Crippen molar-refractivity contribution < 1.29 is 22.4 Å². The second-order valence-corrected chi connectivity index (χ2v) is 5.48. The zero-order chi connectivity index (χ0) is 16.2. The van der Waals surface area contributed by atoms with Crippen molar-refractivity contribution in [2.75, 3.05) is 13.1 Å². The summed E-state index contributed by atoms with van der Waals surface area (Å²) in [6.45, 7) is -1.56. The van der Waals surface area contributed by atoms with Gasteiger partial charge in [0.25, 0.3) is 0 Å². The quantitative estimate of drug-likeness (QED) is 0.820. The maximum Gasteiger partial charge on any atom is 0.401 e. The second-order valence-electron chi connectivity index (χ2n) is 5.48. The van der Waals surface area contributed by atoms with Crippen molar-refractivity contribution in [3.8, 4) is 0 Å². The van der Waals surface area contributed by atoms with E-state index in [9.17, 15) is 22.4 Å². The van der Waals surface area contributed by atoms with E-state index < -0.39 is 18.6 Å². The van der Waals surface area contributed by atoms with E-state index in [0.29, 0.717) is 0 Å². The molecule has 0 aromatic heterocycles. The molecule has 0 unspecified atom stereocenters. The lowest BCUT2D eigenvalue weighted by molar-refractivity contribution is -0.128. The van der Waals surface area contributed by atoms with Crippen LogP contribution in [0.3, 0.4) is 0 Å². The van der Waals surface area contributed by atoms with Gasteiger partial charge in [0.15, 0.2) is 0 Å². The third-order valence-electron chi connectivity index (χ3n) is 3.77. The van der Waals surface area contributed by atoms with Gasteiger partial charge in [-0.25, -0.2) is 4.39 Å². The molecule has 0 aliphatic heterocycles. The Kier molecular flexibility index (Phi) is 5.39. The van der Waals surface area contributed by atoms with E-state index in [4.69, 9.17) is 0 Å². The van der Waals surface area contributed by atoms with Crippen molar-refractivity contribution >= 4 is 5.91 Å². The molecule has 22 heavy (non-hydrogen) atoms. The molecule has 1 amide bonds. The van der Waals surface area contributed by atoms with Crippen molar-refractivity contribution in [2.45, 2.75) is 37.4 Å². The molecular formula is C15H18F4N2O. The third-order valence-corrected chi connectivity index (χ3v) is 3.77. The summed E-state index contributed by atoms with van der Waals surface area (Å²) in [5.41, 5.74) is 0.937. The van der Waals surface area contributed by atoms with E-state index >= 15 is 0 Å². The molecule has 2 N–H and O–H groups in total. The predicted molar refractivity (Wildman–Crippen MR) is 73.8 cm³/mol. The first-order valence-electron chi connectivity index (χ1n) is 7.17. The van der Waals surface area contributed by atoms with Crippen molar-refractivity contribution in [1.29, 1.82) is 0 Å². The summed E-state index contributed by atoms with van der Waals surface area (Å²) in [6, 6.07) is 6.00. The highest BCUT2D eigenvalue weighted by Gasteiger charge is 2.30. The van der Waals surface area contributed by atoms with E-state index in [1.54, 1.807) is 12.1 Å². The second kappa shape index (κ2) is 7.09. The summed E-state index contributed by atoms with van der Waals surface area (Å²) >= 11 is 0. The average molecular weight is 318 g/mol. The summed E-state index contributed by atoms with van der Waals surface area (Å²) < 4.78 is 49.0. The Morgan fingerprint density at radius 3 is 2.50 bits per heavy atom. The first kappa shape index (κ1) is 16.7. The lowest BCUT2D eigenvalue weighted by Crippen LogP contribution is -2.43. The lowest BCUT2D eigenvalue weighted by Gasteiger charge is -2.21. The highest BCUT2D eigenvalue weighted by Crippen LogP contribution is 2.34. The molecule has 2 atom stereocenters. The number of amides is 1. The number of alkyl halides is 3. The molecule has 7 heteroatoms. The van der Waals surface area contributed by atoms with Crippen molar-refractivity contribution in [3.05, 3.63) is 35.6 Å². The van der Waals surface area contributed by atoms with Gasteiger partial charge in [-0.3, -0.25) is 4.79 Å². The predicted octanol–water partition coefficient (Wildman–Crippen LogP) is 2.73. The van der Waals surface area contributed by atoms with Gasteiger partial charge in [-0.1, -0.05) is 18.6 Å². The van der Waals surface area contributed by atoms with Gasteiger partial charge in [0, 0.05) is 12.0 Å². The zero-order valence-corrected chi connectivity index (χ0v) is 11.9. The normalized spacial score (nSPS) is 21.8. The Balaban J connectivity index is 1.86. The molecule has 0 bridgehead atoms. The molecule has 0 heterocycles. The first-order valence-corrected chi connectivity index (χ1v) is 7.17. The standard InChI is InChI=1S/C15H18F4N2O/c16-11-6-4-10(5-7-11)12-2-1-3-13(12)21-14(22)8-20-9-15(17,18)19/h4-7,12-13,20H,1-3,8-9H2,(H,21,22)/t12-,13-/m0/s1. The SMILES string of the molecule is O=C(CNCC(F)(F)F)N[C@H]1CCC[C@H]1c1ccc(F)cc1. The number of rotatable bonds is 5. The average Bonchev–Trinajstić information content (AvgIpc) is 2.86. The number of hydrogen-bond acceptors (Lipinski definition) is 2. The fourth-order valence-electron chi connectivity index (χ4n) is 2.82. The fraction of sp³-hybridized carbons (Fsp3) is 0.533. The smallest absolute Gasteiger partial charge is 0.352 e.